The molecule has 2 amide bonds. The second-order valence-electron chi connectivity index (χ2n) is 7.40. The van der Waals surface area contributed by atoms with Crippen LogP contribution in [0.4, 0.5) is 4.79 Å². The first-order valence-corrected chi connectivity index (χ1v) is 9.66. The molecule has 2 atom stereocenters. The van der Waals surface area contributed by atoms with Crippen molar-refractivity contribution in [1.29, 1.82) is 0 Å². The molecule has 6 heteroatoms. The standard InChI is InChI=1S/C21H29N5O/c1-4-17-13-25(3)9-10-26(14-17)21(27)24-16(2)18-5-7-19(8-6-18)20-11-22-15-23-12-20/h5-8,11-12,15-17H,4,9-10,13-14H2,1-3H3,(H,24,27). The summed E-state index contributed by atoms with van der Waals surface area (Å²) in [6.07, 6.45) is 6.22. The number of likely N-dealkylation sites (N-methyl/N-ethyl adjacent to an activating group) is 1. The summed E-state index contributed by atoms with van der Waals surface area (Å²) in [4.78, 5) is 25.2. The Labute approximate surface area is 161 Å². The van der Waals surface area contributed by atoms with Gasteiger partial charge in [0.05, 0.1) is 6.04 Å². The van der Waals surface area contributed by atoms with Gasteiger partial charge in [0.25, 0.3) is 0 Å². The minimum Gasteiger partial charge on any atom is -0.331 e. The maximum Gasteiger partial charge on any atom is 0.317 e. The second kappa shape index (κ2) is 8.95. The number of benzene rings is 1. The van der Waals surface area contributed by atoms with E-state index >= 15 is 0 Å². The van der Waals surface area contributed by atoms with Crippen molar-refractivity contribution in [3.05, 3.63) is 48.5 Å². The summed E-state index contributed by atoms with van der Waals surface area (Å²) in [7, 11) is 2.13. The molecular formula is C21H29N5O. The van der Waals surface area contributed by atoms with Crippen LogP contribution in [-0.4, -0.2) is 59.0 Å². The van der Waals surface area contributed by atoms with Crippen molar-refractivity contribution in [2.45, 2.75) is 26.3 Å². The number of urea groups is 1. The van der Waals surface area contributed by atoms with Crippen molar-refractivity contribution in [3.63, 3.8) is 0 Å². The molecule has 6 nitrogen and oxygen atoms in total. The summed E-state index contributed by atoms with van der Waals surface area (Å²) >= 11 is 0. The molecule has 1 aromatic carbocycles. The Morgan fingerprint density at radius 2 is 1.85 bits per heavy atom. The zero-order valence-corrected chi connectivity index (χ0v) is 16.4. The second-order valence-corrected chi connectivity index (χ2v) is 7.40. The zero-order valence-electron chi connectivity index (χ0n) is 16.4. The lowest BCUT2D eigenvalue weighted by Crippen LogP contribution is -2.43. The van der Waals surface area contributed by atoms with E-state index in [1.54, 1.807) is 12.4 Å². The van der Waals surface area contributed by atoms with Crippen LogP contribution in [0, 0.1) is 5.92 Å². The summed E-state index contributed by atoms with van der Waals surface area (Å²) in [5, 5.41) is 3.16. The normalized spacial score (nSPS) is 19.4. The van der Waals surface area contributed by atoms with Gasteiger partial charge in [-0.2, -0.15) is 0 Å². The monoisotopic (exact) mass is 367 g/mol. The first kappa shape index (κ1) is 19.3. The van der Waals surface area contributed by atoms with Gasteiger partial charge in [0.1, 0.15) is 6.33 Å². The number of amides is 2. The van der Waals surface area contributed by atoms with Crippen LogP contribution in [0.1, 0.15) is 31.9 Å². The highest BCUT2D eigenvalue weighted by atomic mass is 16.2. The van der Waals surface area contributed by atoms with Gasteiger partial charge in [-0.25, -0.2) is 14.8 Å². The predicted octanol–water partition coefficient (Wildman–Crippen LogP) is 3.19. The highest BCUT2D eigenvalue weighted by Crippen LogP contribution is 2.21. The number of nitrogens with zero attached hydrogens (tertiary/aromatic N) is 4. The predicted molar refractivity (Wildman–Crippen MR) is 107 cm³/mol. The lowest BCUT2D eigenvalue weighted by molar-refractivity contribution is 0.190. The molecule has 2 aromatic rings. The van der Waals surface area contributed by atoms with Crippen LogP contribution in [0.5, 0.6) is 0 Å². The Morgan fingerprint density at radius 3 is 2.52 bits per heavy atom. The highest BCUT2D eigenvalue weighted by molar-refractivity contribution is 5.75. The van der Waals surface area contributed by atoms with Crippen LogP contribution in [0.2, 0.25) is 0 Å². The van der Waals surface area contributed by atoms with Gasteiger partial charge in [-0.3, -0.25) is 0 Å². The van der Waals surface area contributed by atoms with Gasteiger partial charge in [0.2, 0.25) is 0 Å². The van der Waals surface area contributed by atoms with Gasteiger partial charge in [-0.05, 0) is 31.0 Å². The van der Waals surface area contributed by atoms with Crippen LogP contribution >= 0.6 is 0 Å². The fraction of sp³-hybridized carbons (Fsp3) is 0.476. The molecule has 1 fully saturated rings. The van der Waals surface area contributed by atoms with Crippen LogP contribution < -0.4 is 5.32 Å². The molecule has 0 radical (unpaired) electrons. The number of rotatable bonds is 4. The SMILES string of the molecule is CCC1CN(C)CCN(C(=O)NC(C)c2ccc(-c3cncnc3)cc2)C1. The van der Waals surface area contributed by atoms with Crippen molar-refractivity contribution in [2.24, 2.45) is 5.92 Å². The van der Waals surface area contributed by atoms with E-state index in [2.05, 4.69) is 46.3 Å². The van der Waals surface area contributed by atoms with Gasteiger partial charge in [0, 0.05) is 44.1 Å². The van der Waals surface area contributed by atoms with E-state index in [0.717, 1.165) is 49.3 Å². The van der Waals surface area contributed by atoms with Crippen molar-refractivity contribution >= 4 is 6.03 Å². The average Bonchev–Trinajstić information content (AvgIpc) is 2.90. The lowest BCUT2D eigenvalue weighted by Gasteiger charge is -2.26. The Balaban J connectivity index is 1.62. The summed E-state index contributed by atoms with van der Waals surface area (Å²) in [5.41, 5.74) is 3.14. The number of hydrogen-bond acceptors (Lipinski definition) is 4. The van der Waals surface area contributed by atoms with E-state index in [4.69, 9.17) is 0 Å². The molecule has 144 valence electrons. The minimum absolute atomic E-state index is 0.0248. The van der Waals surface area contributed by atoms with Crippen LogP contribution in [0.25, 0.3) is 11.1 Å². The summed E-state index contributed by atoms with van der Waals surface area (Å²) in [5.74, 6) is 0.533. The van der Waals surface area contributed by atoms with Gasteiger partial charge < -0.3 is 15.1 Å². The summed E-state index contributed by atoms with van der Waals surface area (Å²) < 4.78 is 0. The molecule has 27 heavy (non-hydrogen) atoms. The van der Waals surface area contributed by atoms with E-state index in [0.29, 0.717) is 5.92 Å². The molecule has 1 aromatic heterocycles. The third-order valence-electron chi connectivity index (χ3n) is 5.31. The van der Waals surface area contributed by atoms with Crippen LogP contribution in [0.15, 0.2) is 43.0 Å². The Kier molecular flexibility index (Phi) is 6.40. The summed E-state index contributed by atoms with van der Waals surface area (Å²) in [6, 6.07) is 8.18. The smallest absolute Gasteiger partial charge is 0.317 e. The molecule has 2 unspecified atom stereocenters. The van der Waals surface area contributed by atoms with E-state index in [1.165, 1.54) is 6.33 Å². The molecule has 0 spiro atoms. The third kappa shape index (κ3) is 5.04. The van der Waals surface area contributed by atoms with Gasteiger partial charge in [-0.15, -0.1) is 0 Å². The van der Waals surface area contributed by atoms with E-state index in [-0.39, 0.29) is 12.1 Å². The van der Waals surface area contributed by atoms with Crippen LogP contribution in [-0.2, 0) is 0 Å². The molecular weight excluding hydrogens is 338 g/mol. The Bertz CT molecular complexity index is 734. The maximum atomic E-state index is 12.8. The van der Waals surface area contributed by atoms with Gasteiger partial charge >= 0.3 is 6.03 Å². The Morgan fingerprint density at radius 1 is 1.15 bits per heavy atom. The average molecular weight is 367 g/mol. The molecule has 3 rings (SSSR count). The molecule has 0 saturated carbocycles. The van der Waals surface area contributed by atoms with Gasteiger partial charge in [0.15, 0.2) is 0 Å². The largest absolute Gasteiger partial charge is 0.331 e. The zero-order chi connectivity index (χ0) is 19.2. The van der Waals surface area contributed by atoms with Crippen molar-refractivity contribution in [3.8, 4) is 11.1 Å². The molecule has 1 saturated heterocycles. The van der Waals surface area contributed by atoms with Crippen molar-refractivity contribution < 1.29 is 4.79 Å². The third-order valence-corrected chi connectivity index (χ3v) is 5.31. The first-order valence-electron chi connectivity index (χ1n) is 9.66. The Hall–Kier alpha value is -2.47. The van der Waals surface area contributed by atoms with Crippen molar-refractivity contribution in [2.75, 3.05) is 33.2 Å². The maximum absolute atomic E-state index is 12.8. The molecule has 1 aliphatic rings. The quantitative estimate of drug-likeness (QED) is 0.902. The van der Waals surface area contributed by atoms with Crippen LogP contribution in [0.3, 0.4) is 0 Å². The lowest BCUT2D eigenvalue weighted by atomic mass is 10.0. The van der Waals surface area contributed by atoms with E-state index < -0.39 is 0 Å². The number of carbonyl (C=O) groups excluding carboxylic acids is 1. The highest BCUT2D eigenvalue weighted by Gasteiger charge is 2.24. The number of aromatic nitrogens is 2. The number of nitrogens with one attached hydrogen (secondary N) is 1. The number of hydrogen-bond donors (Lipinski definition) is 1. The summed E-state index contributed by atoms with van der Waals surface area (Å²) in [6.45, 7) is 7.80. The van der Waals surface area contributed by atoms with E-state index in [9.17, 15) is 4.79 Å². The minimum atomic E-state index is -0.0420. The van der Waals surface area contributed by atoms with Crippen molar-refractivity contribution in [1.82, 2.24) is 25.1 Å². The number of carbonyl (C=O) groups is 1. The van der Waals surface area contributed by atoms with Gasteiger partial charge in [-0.1, -0.05) is 37.6 Å². The first-order chi connectivity index (χ1) is 13.1. The molecule has 0 aliphatic carbocycles. The molecule has 1 N–H and O–H groups in total. The molecule has 1 aliphatic heterocycles. The molecule has 0 bridgehead atoms. The van der Waals surface area contributed by atoms with E-state index in [1.807, 2.05) is 24.0 Å². The molecule has 2 heterocycles. The fourth-order valence-electron chi connectivity index (χ4n) is 3.50. The fourth-order valence-corrected chi connectivity index (χ4v) is 3.50. The topological polar surface area (TPSA) is 61.4 Å².